The molecule has 1 fully saturated rings. The summed E-state index contributed by atoms with van der Waals surface area (Å²) in [4.78, 5) is 8.40. The van der Waals surface area contributed by atoms with Gasteiger partial charge < -0.3 is 10.1 Å². The van der Waals surface area contributed by atoms with Crippen molar-refractivity contribution in [3.05, 3.63) is 12.3 Å². The SMILES string of the molecule is COc1ccnc(NCC2CCCC2C)n1. The average Bonchev–Trinajstić information content (AvgIpc) is 2.72. The highest BCUT2D eigenvalue weighted by molar-refractivity contribution is 5.27. The van der Waals surface area contributed by atoms with Crippen molar-refractivity contribution in [3.8, 4) is 5.88 Å². The smallest absolute Gasteiger partial charge is 0.225 e. The molecule has 1 aliphatic carbocycles. The molecular formula is C12H19N3O. The molecule has 0 amide bonds. The molecule has 2 atom stereocenters. The van der Waals surface area contributed by atoms with E-state index >= 15 is 0 Å². The van der Waals surface area contributed by atoms with Crippen LogP contribution in [0.25, 0.3) is 0 Å². The molecular weight excluding hydrogens is 202 g/mol. The van der Waals surface area contributed by atoms with E-state index in [1.807, 2.05) is 0 Å². The third-order valence-corrected chi connectivity index (χ3v) is 3.40. The van der Waals surface area contributed by atoms with Gasteiger partial charge in [-0.05, 0) is 18.3 Å². The summed E-state index contributed by atoms with van der Waals surface area (Å²) in [5, 5.41) is 3.29. The molecule has 2 rings (SSSR count). The molecule has 0 bridgehead atoms. The zero-order valence-corrected chi connectivity index (χ0v) is 9.94. The number of anilines is 1. The first kappa shape index (κ1) is 11.2. The van der Waals surface area contributed by atoms with Gasteiger partial charge in [-0.25, -0.2) is 4.98 Å². The predicted molar refractivity (Wildman–Crippen MR) is 63.6 cm³/mol. The molecule has 0 aromatic carbocycles. The Bertz CT molecular complexity index is 343. The Balaban J connectivity index is 1.88. The largest absolute Gasteiger partial charge is 0.481 e. The maximum atomic E-state index is 5.06. The predicted octanol–water partition coefficient (Wildman–Crippen LogP) is 2.33. The van der Waals surface area contributed by atoms with E-state index in [1.165, 1.54) is 19.3 Å². The lowest BCUT2D eigenvalue weighted by atomic mass is 9.98. The average molecular weight is 221 g/mol. The third-order valence-electron chi connectivity index (χ3n) is 3.40. The zero-order chi connectivity index (χ0) is 11.4. The van der Waals surface area contributed by atoms with E-state index < -0.39 is 0 Å². The first-order valence-corrected chi connectivity index (χ1v) is 5.90. The Morgan fingerprint density at radius 1 is 1.50 bits per heavy atom. The molecule has 4 nitrogen and oxygen atoms in total. The van der Waals surface area contributed by atoms with Gasteiger partial charge in [0.05, 0.1) is 7.11 Å². The van der Waals surface area contributed by atoms with Gasteiger partial charge in [0.1, 0.15) is 0 Å². The highest BCUT2D eigenvalue weighted by atomic mass is 16.5. The number of nitrogens with zero attached hydrogens (tertiary/aromatic N) is 2. The summed E-state index contributed by atoms with van der Waals surface area (Å²) in [5.74, 6) is 2.85. The molecule has 0 spiro atoms. The molecule has 1 heterocycles. The van der Waals surface area contributed by atoms with Gasteiger partial charge in [0.25, 0.3) is 0 Å². The molecule has 1 aromatic rings. The lowest BCUT2D eigenvalue weighted by molar-refractivity contribution is 0.396. The summed E-state index contributed by atoms with van der Waals surface area (Å²) >= 11 is 0. The van der Waals surface area contributed by atoms with Crippen molar-refractivity contribution in [1.29, 1.82) is 0 Å². The van der Waals surface area contributed by atoms with Crippen molar-refractivity contribution in [1.82, 2.24) is 9.97 Å². The minimum atomic E-state index is 0.608. The molecule has 1 aliphatic rings. The van der Waals surface area contributed by atoms with Crippen LogP contribution in [0.15, 0.2) is 12.3 Å². The highest BCUT2D eigenvalue weighted by Crippen LogP contribution is 2.30. The standard InChI is InChI=1S/C12H19N3O/c1-9-4-3-5-10(9)8-14-12-13-7-6-11(15-12)16-2/h6-7,9-10H,3-5,8H2,1-2H3,(H,13,14,15). The Kier molecular flexibility index (Phi) is 3.59. The third kappa shape index (κ3) is 2.62. The lowest BCUT2D eigenvalue weighted by Gasteiger charge is -2.15. The summed E-state index contributed by atoms with van der Waals surface area (Å²) in [7, 11) is 1.62. The van der Waals surface area contributed by atoms with E-state index in [4.69, 9.17) is 4.74 Å². The maximum absolute atomic E-state index is 5.06. The van der Waals surface area contributed by atoms with Crippen LogP contribution in [0, 0.1) is 11.8 Å². The number of rotatable bonds is 4. The Hall–Kier alpha value is -1.32. The molecule has 1 saturated carbocycles. The minimum absolute atomic E-state index is 0.608. The van der Waals surface area contributed by atoms with Crippen LogP contribution in [0.4, 0.5) is 5.95 Å². The van der Waals surface area contributed by atoms with E-state index in [2.05, 4.69) is 22.2 Å². The molecule has 0 aliphatic heterocycles. The van der Waals surface area contributed by atoms with Gasteiger partial charge in [0.2, 0.25) is 11.8 Å². The first-order valence-electron chi connectivity index (χ1n) is 5.90. The molecule has 1 aromatic heterocycles. The van der Waals surface area contributed by atoms with Crippen molar-refractivity contribution in [2.45, 2.75) is 26.2 Å². The van der Waals surface area contributed by atoms with Crippen molar-refractivity contribution in [2.24, 2.45) is 11.8 Å². The Labute approximate surface area is 96.4 Å². The topological polar surface area (TPSA) is 47.0 Å². The quantitative estimate of drug-likeness (QED) is 0.847. The van der Waals surface area contributed by atoms with Crippen molar-refractivity contribution in [2.75, 3.05) is 19.0 Å². The Morgan fingerprint density at radius 3 is 3.06 bits per heavy atom. The van der Waals surface area contributed by atoms with E-state index in [9.17, 15) is 0 Å². The minimum Gasteiger partial charge on any atom is -0.481 e. The Morgan fingerprint density at radius 2 is 2.38 bits per heavy atom. The fraction of sp³-hybridized carbons (Fsp3) is 0.667. The van der Waals surface area contributed by atoms with E-state index in [0.29, 0.717) is 11.8 Å². The molecule has 16 heavy (non-hydrogen) atoms. The fourth-order valence-corrected chi connectivity index (χ4v) is 2.29. The van der Waals surface area contributed by atoms with Gasteiger partial charge in [0, 0.05) is 18.8 Å². The molecule has 2 unspecified atom stereocenters. The summed E-state index contributed by atoms with van der Waals surface area (Å²) in [6, 6.07) is 1.75. The van der Waals surface area contributed by atoms with Crippen molar-refractivity contribution < 1.29 is 4.74 Å². The second-order valence-corrected chi connectivity index (χ2v) is 4.47. The number of methoxy groups -OCH3 is 1. The van der Waals surface area contributed by atoms with Gasteiger partial charge in [-0.15, -0.1) is 0 Å². The summed E-state index contributed by atoms with van der Waals surface area (Å²) < 4.78 is 5.06. The van der Waals surface area contributed by atoms with Gasteiger partial charge >= 0.3 is 0 Å². The highest BCUT2D eigenvalue weighted by Gasteiger charge is 2.22. The monoisotopic (exact) mass is 221 g/mol. The summed E-state index contributed by atoms with van der Waals surface area (Å²) in [6.07, 6.45) is 5.74. The van der Waals surface area contributed by atoms with Crippen LogP contribution in [-0.4, -0.2) is 23.6 Å². The van der Waals surface area contributed by atoms with Crippen LogP contribution >= 0.6 is 0 Å². The van der Waals surface area contributed by atoms with Crippen molar-refractivity contribution in [3.63, 3.8) is 0 Å². The van der Waals surface area contributed by atoms with Crippen molar-refractivity contribution >= 4 is 5.95 Å². The molecule has 0 radical (unpaired) electrons. The number of hydrogen-bond donors (Lipinski definition) is 1. The van der Waals surface area contributed by atoms with E-state index in [1.54, 1.807) is 19.4 Å². The van der Waals surface area contributed by atoms with Gasteiger partial charge in [-0.3, -0.25) is 0 Å². The number of nitrogens with one attached hydrogen (secondary N) is 1. The normalized spacial score (nSPS) is 24.4. The van der Waals surface area contributed by atoms with E-state index in [-0.39, 0.29) is 0 Å². The van der Waals surface area contributed by atoms with Gasteiger partial charge in [-0.1, -0.05) is 19.8 Å². The molecule has 0 saturated heterocycles. The zero-order valence-electron chi connectivity index (χ0n) is 9.94. The summed E-state index contributed by atoms with van der Waals surface area (Å²) in [6.45, 7) is 3.29. The maximum Gasteiger partial charge on any atom is 0.225 e. The summed E-state index contributed by atoms with van der Waals surface area (Å²) in [5.41, 5.74) is 0. The first-order chi connectivity index (χ1) is 7.79. The van der Waals surface area contributed by atoms with Crippen LogP contribution in [0.2, 0.25) is 0 Å². The van der Waals surface area contributed by atoms with Crippen LogP contribution in [0.1, 0.15) is 26.2 Å². The molecule has 4 heteroatoms. The second kappa shape index (κ2) is 5.14. The van der Waals surface area contributed by atoms with Crippen LogP contribution in [0.5, 0.6) is 5.88 Å². The molecule has 88 valence electrons. The number of aromatic nitrogens is 2. The van der Waals surface area contributed by atoms with Gasteiger partial charge in [0.15, 0.2) is 0 Å². The lowest BCUT2D eigenvalue weighted by Crippen LogP contribution is -2.17. The van der Waals surface area contributed by atoms with Gasteiger partial charge in [-0.2, -0.15) is 4.98 Å². The van der Waals surface area contributed by atoms with Crippen LogP contribution in [0.3, 0.4) is 0 Å². The fourth-order valence-electron chi connectivity index (χ4n) is 2.29. The number of ether oxygens (including phenoxy) is 1. The van der Waals surface area contributed by atoms with Crippen LogP contribution in [-0.2, 0) is 0 Å². The van der Waals surface area contributed by atoms with Crippen LogP contribution < -0.4 is 10.1 Å². The van der Waals surface area contributed by atoms with E-state index in [0.717, 1.165) is 18.4 Å². The molecule has 1 N–H and O–H groups in total. The number of hydrogen-bond acceptors (Lipinski definition) is 4. The second-order valence-electron chi connectivity index (χ2n) is 4.47.